The number of phenols is 2. The summed E-state index contributed by atoms with van der Waals surface area (Å²) in [7, 11) is 3.19. The first kappa shape index (κ1) is 44.3. The van der Waals surface area contributed by atoms with Gasteiger partial charge in [0.1, 0.15) is 53.8 Å². The van der Waals surface area contributed by atoms with Crippen LogP contribution in [0.25, 0.3) is 0 Å². The molecule has 2 aromatic rings. The number of rotatable bonds is 9. The third-order valence-corrected chi connectivity index (χ3v) is 12.4. The minimum absolute atomic E-state index is 0.0533. The molecule has 13 atom stereocenters. The van der Waals surface area contributed by atoms with Gasteiger partial charge in [0.05, 0.1) is 61.4 Å². The second-order valence-corrected chi connectivity index (χ2v) is 15.5. The zero-order valence-electron chi connectivity index (χ0n) is 33.2. The Morgan fingerprint density at radius 3 is 2.18 bits per heavy atom. The van der Waals surface area contributed by atoms with Crippen molar-refractivity contribution in [2.75, 3.05) is 34.5 Å². The fourth-order valence-electron chi connectivity index (χ4n) is 9.38. The Morgan fingerprint density at radius 1 is 0.885 bits per heavy atom. The molecule has 0 aromatic heterocycles. The molecule has 21 heteroatoms. The summed E-state index contributed by atoms with van der Waals surface area (Å²) in [5.74, 6) is -9.40. The lowest BCUT2D eigenvalue weighted by Crippen LogP contribution is -2.73. The lowest BCUT2D eigenvalue weighted by atomic mass is 9.56. The van der Waals surface area contributed by atoms with Gasteiger partial charge in [0.15, 0.2) is 23.3 Å². The summed E-state index contributed by atoms with van der Waals surface area (Å²) in [6.07, 6.45) is -14.8. The number of allylic oxidation sites excluding steroid dienone is 2. The van der Waals surface area contributed by atoms with Crippen LogP contribution in [-0.4, -0.2) is 177 Å². The van der Waals surface area contributed by atoms with Crippen LogP contribution in [0.5, 0.6) is 11.5 Å². The number of benzene rings is 2. The van der Waals surface area contributed by atoms with E-state index in [9.17, 15) is 69.9 Å². The zero-order valence-corrected chi connectivity index (χ0v) is 33.2. The molecule has 330 valence electrons. The molecule has 21 nitrogen and oxygen atoms in total. The molecule has 2 fully saturated rings. The number of fused-ring (bicyclic) bond motifs is 5. The van der Waals surface area contributed by atoms with Gasteiger partial charge in [-0.3, -0.25) is 19.2 Å². The van der Waals surface area contributed by atoms with E-state index in [2.05, 4.69) is 5.32 Å². The number of carbonyl (C=O) groups excluding carboxylic acids is 5. The van der Waals surface area contributed by atoms with Gasteiger partial charge in [0.25, 0.3) is 0 Å². The Hall–Kier alpha value is -4.75. The van der Waals surface area contributed by atoms with Crippen molar-refractivity contribution in [1.82, 2.24) is 5.32 Å². The quantitative estimate of drug-likeness (QED) is 0.114. The standard InChI is InChI=1S/C40H45NO20/c1-12-6-14-7-21(45)40(58-5)35(53)24-16(34(52)39(40,55)25(14)29(49)22(12)37(54)57-4)8-15-23(28(24)48)19(44)9-18(26(15)46)41-36-17(10-42)33(32(56-3)13(2)59-36)61-38-31(51)30(50)27(47)20(11-43)60-38/h6,8-9,13,17,20-21,27,30-33,36,38,41-43,45,47-51,55H,7,10-11H2,1-5H3/t13-,17+,20+,21+,27+,30-,31+,32-,33-,36-,38-,39-,40+/m0/s1. The van der Waals surface area contributed by atoms with E-state index in [-0.39, 0.29) is 11.1 Å². The maximum atomic E-state index is 14.8. The number of aromatic hydroxyl groups is 2. The SMILES string of the molecule is COC(=O)c1c(C)cc2c(c1O)[C@]1(O)C(=O)c3cc4c(c(O)c3C(=O)[C@]1(OC)[C@H](O)C2)C(=O)C=C(N[C@H]1O[C@@H](C)[C@H](OC)[C@@H](O[C@@H]2O[C@H](CO)[C@@H](O)[C@H](O)[C@H]2O)[C@H]1CO)C4=O. The Bertz CT molecular complexity index is 2240. The van der Waals surface area contributed by atoms with E-state index in [1.54, 1.807) is 0 Å². The Balaban J connectivity index is 1.28. The second-order valence-electron chi connectivity index (χ2n) is 15.5. The number of hydrogen-bond acceptors (Lipinski definition) is 21. The minimum Gasteiger partial charge on any atom is -0.507 e. The molecule has 0 saturated carbocycles. The van der Waals surface area contributed by atoms with Crippen LogP contribution < -0.4 is 5.32 Å². The summed E-state index contributed by atoms with van der Waals surface area (Å²) in [4.78, 5) is 70.3. The summed E-state index contributed by atoms with van der Waals surface area (Å²) in [5, 5.41) is 102. The molecule has 0 spiro atoms. The molecule has 0 radical (unpaired) electrons. The van der Waals surface area contributed by atoms with Crippen LogP contribution in [0.4, 0.5) is 0 Å². The van der Waals surface area contributed by atoms with Crippen molar-refractivity contribution in [1.29, 1.82) is 0 Å². The number of aliphatic hydroxyl groups is 7. The normalized spacial score (nSPS) is 35.7. The average molecular weight is 860 g/mol. The van der Waals surface area contributed by atoms with Crippen LogP contribution in [0, 0.1) is 12.8 Å². The fourth-order valence-corrected chi connectivity index (χ4v) is 9.38. The molecule has 61 heavy (non-hydrogen) atoms. The summed E-state index contributed by atoms with van der Waals surface area (Å²) in [6.45, 7) is 1.42. The third kappa shape index (κ3) is 6.18. The first-order valence-corrected chi connectivity index (χ1v) is 19.0. The highest BCUT2D eigenvalue weighted by atomic mass is 16.7. The van der Waals surface area contributed by atoms with Gasteiger partial charge in [-0.1, -0.05) is 6.07 Å². The number of aliphatic hydroxyl groups excluding tert-OH is 6. The van der Waals surface area contributed by atoms with E-state index < -0.39 is 178 Å². The van der Waals surface area contributed by atoms with Gasteiger partial charge in [-0.15, -0.1) is 0 Å². The second kappa shape index (κ2) is 15.9. The predicted octanol–water partition coefficient (Wildman–Crippen LogP) is -2.83. The molecule has 0 unspecified atom stereocenters. The molecule has 7 rings (SSSR count). The summed E-state index contributed by atoms with van der Waals surface area (Å²) >= 11 is 0. The van der Waals surface area contributed by atoms with E-state index in [1.165, 1.54) is 27.0 Å². The van der Waals surface area contributed by atoms with Gasteiger partial charge in [0.2, 0.25) is 17.3 Å². The van der Waals surface area contributed by atoms with Crippen molar-refractivity contribution >= 4 is 29.1 Å². The van der Waals surface area contributed by atoms with E-state index in [4.69, 9.17) is 28.4 Å². The molecule has 5 aliphatic rings. The lowest BCUT2D eigenvalue weighted by Gasteiger charge is -2.52. The molecule has 10 N–H and O–H groups in total. The van der Waals surface area contributed by atoms with Crippen LogP contribution in [0.3, 0.4) is 0 Å². The van der Waals surface area contributed by atoms with E-state index in [0.29, 0.717) is 0 Å². The first-order chi connectivity index (χ1) is 28.8. The van der Waals surface area contributed by atoms with Crippen LogP contribution >= 0.6 is 0 Å². The van der Waals surface area contributed by atoms with Crippen LogP contribution in [0.1, 0.15) is 75.4 Å². The number of ether oxygens (including phenoxy) is 6. The van der Waals surface area contributed by atoms with Gasteiger partial charge >= 0.3 is 5.97 Å². The van der Waals surface area contributed by atoms with Crippen molar-refractivity contribution in [3.05, 3.63) is 68.4 Å². The number of hydrogen-bond donors (Lipinski definition) is 10. The minimum atomic E-state index is -3.31. The van der Waals surface area contributed by atoms with Crippen LogP contribution in [0.15, 0.2) is 23.9 Å². The number of carbonyl (C=O) groups is 5. The highest BCUT2D eigenvalue weighted by Crippen LogP contribution is 2.56. The summed E-state index contributed by atoms with van der Waals surface area (Å²) in [6, 6.07) is 2.08. The van der Waals surface area contributed by atoms with Gasteiger partial charge in [-0.2, -0.15) is 0 Å². The molecular weight excluding hydrogens is 814 g/mol. The number of nitrogens with one attached hydrogen (secondary N) is 1. The van der Waals surface area contributed by atoms with Crippen molar-refractivity contribution in [2.45, 2.75) is 92.8 Å². The average Bonchev–Trinajstić information content (AvgIpc) is 3.21. The van der Waals surface area contributed by atoms with E-state index in [0.717, 1.165) is 26.4 Å². The maximum absolute atomic E-state index is 14.8. The Labute approximate surface area is 345 Å². The van der Waals surface area contributed by atoms with E-state index >= 15 is 0 Å². The lowest BCUT2D eigenvalue weighted by molar-refractivity contribution is -0.339. The molecule has 2 saturated heterocycles. The molecule has 3 aliphatic carbocycles. The van der Waals surface area contributed by atoms with Gasteiger partial charge in [-0.05, 0) is 31.0 Å². The van der Waals surface area contributed by atoms with Crippen LogP contribution in [0.2, 0.25) is 0 Å². The van der Waals surface area contributed by atoms with Crippen molar-refractivity contribution in [2.24, 2.45) is 5.92 Å². The van der Waals surface area contributed by atoms with Gasteiger partial charge in [-0.25, -0.2) is 4.79 Å². The highest BCUT2D eigenvalue weighted by molar-refractivity contribution is 6.31. The zero-order chi connectivity index (χ0) is 44.8. The van der Waals surface area contributed by atoms with Gasteiger partial charge < -0.3 is 79.7 Å². The molecule has 2 aliphatic heterocycles. The number of esters is 1. The van der Waals surface area contributed by atoms with Crippen molar-refractivity contribution in [3.63, 3.8) is 0 Å². The number of phenolic OH excluding ortho intramolecular Hbond substituents is 2. The van der Waals surface area contributed by atoms with Crippen LogP contribution in [-0.2, 0) is 40.4 Å². The monoisotopic (exact) mass is 859 g/mol. The first-order valence-electron chi connectivity index (χ1n) is 19.0. The Morgan fingerprint density at radius 2 is 1.57 bits per heavy atom. The summed E-state index contributed by atoms with van der Waals surface area (Å²) in [5.41, 5.74) is -10.9. The van der Waals surface area contributed by atoms with Crippen molar-refractivity contribution < 1.29 is 98.4 Å². The maximum Gasteiger partial charge on any atom is 0.341 e. The molecule has 0 bridgehead atoms. The summed E-state index contributed by atoms with van der Waals surface area (Å²) < 4.78 is 33.4. The highest BCUT2D eigenvalue weighted by Gasteiger charge is 2.73. The number of aryl methyl sites for hydroxylation is 1. The van der Waals surface area contributed by atoms with Gasteiger partial charge in [0, 0.05) is 43.4 Å². The molecule has 2 aromatic carbocycles. The van der Waals surface area contributed by atoms with Crippen molar-refractivity contribution in [3.8, 4) is 11.5 Å². The number of Topliss-reactive ketones (excluding diaryl/α,β-unsaturated/α-hetero) is 3. The Kier molecular flexibility index (Phi) is 11.5. The topological polar surface area (TPSA) is 335 Å². The molecule has 2 heterocycles. The largest absolute Gasteiger partial charge is 0.507 e. The van der Waals surface area contributed by atoms with E-state index in [1.807, 2.05) is 0 Å². The number of ketones is 4. The fraction of sp³-hybridized carbons (Fsp3) is 0.525. The molecular formula is C40H45NO20. The third-order valence-electron chi connectivity index (χ3n) is 12.4. The molecule has 0 amide bonds. The smallest absolute Gasteiger partial charge is 0.341 e. The predicted molar refractivity (Wildman–Crippen MR) is 199 cm³/mol. The number of methoxy groups -OCH3 is 3.